The largest absolute Gasteiger partial charge is 0.433 e. The van der Waals surface area contributed by atoms with Crippen molar-refractivity contribution in [3.63, 3.8) is 0 Å². The molecular formula is C16H22ClF2N3O2. The molecule has 1 fully saturated rings. The van der Waals surface area contributed by atoms with E-state index in [0.29, 0.717) is 5.69 Å². The number of hydrogen-bond acceptors (Lipinski definition) is 4. The summed E-state index contributed by atoms with van der Waals surface area (Å²) in [5.41, 5.74) is 6.47. The first-order valence-corrected chi connectivity index (χ1v) is 8.07. The van der Waals surface area contributed by atoms with Crippen LogP contribution in [0.3, 0.4) is 0 Å². The average Bonchev–Trinajstić information content (AvgIpc) is 2.45. The number of nitrogens with one attached hydrogen (secondary N) is 1. The first-order valence-electron chi connectivity index (χ1n) is 7.69. The molecule has 1 aliphatic rings. The van der Waals surface area contributed by atoms with Crippen molar-refractivity contribution in [1.29, 1.82) is 0 Å². The summed E-state index contributed by atoms with van der Waals surface area (Å²) < 4.78 is 28.7. The topological polar surface area (TPSA) is 67.6 Å². The lowest BCUT2D eigenvalue weighted by molar-refractivity contribution is -0.118. The van der Waals surface area contributed by atoms with Gasteiger partial charge in [0.1, 0.15) is 5.75 Å². The number of carbonyl (C=O) groups is 1. The maximum absolute atomic E-state index is 12.2. The molecule has 1 heterocycles. The fourth-order valence-electron chi connectivity index (χ4n) is 2.79. The lowest BCUT2D eigenvalue weighted by Gasteiger charge is -2.42. The van der Waals surface area contributed by atoms with Crippen LogP contribution in [0.15, 0.2) is 18.2 Å². The summed E-state index contributed by atoms with van der Waals surface area (Å²) in [5, 5.41) is 2.72. The maximum Gasteiger partial charge on any atom is 0.387 e. The molecule has 24 heavy (non-hydrogen) atoms. The number of ether oxygens (including phenoxy) is 1. The van der Waals surface area contributed by atoms with Crippen LogP contribution >= 0.6 is 11.6 Å². The zero-order chi connectivity index (χ0) is 17.9. The average molecular weight is 362 g/mol. The van der Waals surface area contributed by atoms with Gasteiger partial charge in [0.2, 0.25) is 5.91 Å². The predicted octanol–water partition coefficient (Wildman–Crippen LogP) is 2.94. The van der Waals surface area contributed by atoms with Gasteiger partial charge in [0.15, 0.2) is 0 Å². The highest BCUT2D eigenvalue weighted by Crippen LogP contribution is 2.29. The van der Waals surface area contributed by atoms with Crippen LogP contribution in [-0.2, 0) is 4.79 Å². The van der Waals surface area contributed by atoms with Crippen LogP contribution in [0, 0.1) is 5.41 Å². The van der Waals surface area contributed by atoms with Crippen LogP contribution in [0.5, 0.6) is 5.75 Å². The number of anilines is 1. The van der Waals surface area contributed by atoms with Crippen molar-refractivity contribution in [3.05, 3.63) is 23.2 Å². The van der Waals surface area contributed by atoms with E-state index in [4.69, 9.17) is 17.3 Å². The Hall–Kier alpha value is -1.44. The van der Waals surface area contributed by atoms with E-state index in [1.165, 1.54) is 18.2 Å². The summed E-state index contributed by atoms with van der Waals surface area (Å²) >= 11 is 5.87. The van der Waals surface area contributed by atoms with Gasteiger partial charge in [-0.3, -0.25) is 9.69 Å². The van der Waals surface area contributed by atoms with Gasteiger partial charge in [0.25, 0.3) is 0 Å². The van der Waals surface area contributed by atoms with Gasteiger partial charge < -0.3 is 15.8 Å². The Bertz CT molecular complexity index is 599. The Morgan fingerprint density at radius 2 is 2.25 bits per heavy atom. The molecule has 2 rings (SSSR count). The quantitative estimate of drug-likeness (QED) is 0.846. The molecule has 0 radical (unpaired) electrons. The monoisotopic (exact) mass is 361 g/mol. The molecule has 0 aliphatic carbocycles. The minimum Gasteiger partial charge on any atom is -0.433 e. The number of carbonyl (C=O) groups excluding carboxylic acids is 1. The third-order valence-electron chi connectivity index (χ3n) is 4.19. The Kier molecular flexibility index (Phi) is 6.01. The van der Waals surface area contributed by atoms with E-state index >= 15 is 0 Å². The second-order valence-corrected chi connectivity index (χ2v) is 7.07. The highest BCUT2D eigenvalue weighted by atomic mass is 35.5. The zero-order valence-corrected chi connectivity index (χ0v) is 14.4. The number of alkyl halides is 2. The van der Waals surface area contributed by atoms with Crippen LogP contribution in [-0.4, -0.2) is 43.1 Å². The van der Waals surface area contributed by atoms with Crippen LogP contribution in [0.25, 0.3) is 0 Å². The standard InChI is InChI=1S/C16H22ClF2N3O2/c1-16(2)9-22(6-5-13(16)20)8-14(23)21-10-3-4-12(11(17)7-10)24-15(18)19/h3-4,7,13,15H,5-6,8-9,20H2,1-2H3,(H,21,23). The Balaban J connectivity index is 1.92. The third-order valence-corrected chi connectivity index (χ3v) is 4.49. The molecule has 0 spiro atoms. The molecule has 1 aromatic rings. The third kappa shape index (κ3) is 5.03. The van der Waals surface area contributed by atoms with E-state index in [2.05, 4.69) is 28.8 Å². The first kappa shape index (κ1) is 18.9. The Morgan fingerprint density at radius 1 is 1.54 bits per heavy atom. The molecule has 1 aliphatic heterocycles. The Morgan fingerprint density at radius 3 is 2.83 bits per heavy atom. The summed E-state index contributed by atoms with van der Waals surface area (Å²) in [6.45, 7) is 2.97. The molecule has 0 saturated carbocycles. The van der Waals surface area contributed by atoms with Gasteiger partial charge in [-0.1, -0.05) is 25.4 Å². The number of amides is 1. The normalized spacial score (nSPS) is 20.9. The van der Waals surface area contributed by atoms with Gasteiger partial charge in [0, 0.05) is 24.8 Å². The van der Waals surface area contributed by atoms with E-state index in [1.807, 2.05) is 0 Å². The predicted molar refractivity (Wildman–Crippen MR) is 89.5 cm³/mol. The number of rotatable bonds is 5. The van der Waals surface area contributed by atoms with E-state index < -0.39 is 6.61 Å². The molecule has 8 heteroatoms. The highest BCUT2D eigenvalue weighted by molar-refractivity contribution is 6.32. The van der Waals surface area contributed by atoms with Gasteiger partial charge in [0.05, 0.1) is 11.6 Å². The van der Waals surface area contributed by atoms with Crippen LogP contribution in [0.4, 0.5) is 14.5 Å². The van der Waals surface area contributed by atoms with E-state index in [-0.39, 0.29) is 34.7 Å². The SMILES string of the molecule is CC1(C)CN(CC(=O)Nc2ccc(OC(F)F)c(Cl)c2)CCC1N. The number of likely N-dealkylation sites (tertiary alicyclic amines) is 1. The van der Waals surface area contributed by atoms with Crippen molar-refractivity contribution in [2.45, 2.75) is 32.9 Å². The molecular weight excluding hydrogens is 340 g/mol. The molecule has 5 nitrogen and oxygen atoms in total. The lowest BCUT2D eigenvalue weighted by Crippen LogP contribution is -2.53. The second-order valence-electron chi connectivity index (χ2n) is 6.67. The smallest absolute Gasteiger partial charge is 0.387 e. The van der Waals surface area contributed by atoms with Crippen molar-refractivity contribution in [2.75, 3.05) is 25.0 Å². The summed E-state index contributed by atoms with van der Waals surface area (Å²) in [6.07, 6.45) is 0.839. The number of nitrogens with zero attached hydrogens (tertiary/aromatic N) is 1. The fourth-order valence-corrected chi connectivity index (χ4v) is 3.02. The molecule has 0 aromatic heterocycles. The minimum absolute atomic E-state index is 0.0122. The maximum atomic E-state index is 12.2. The van der Waals surface area contributed by atoms with Crippen LogP contribution < -0.4 is 15.8 Å². The number of nitrogens with two attached hydrogens (primary N) is 1. The van der Waals surface area contributed by atoms with Gasteiger partial charge in [-0.2, -0.15) is 8.78 Å². The summed E-state index contributed by atoms with van der Waals surface area (Å²) in [5.74, 6) is -0.323. The summed E-state index contributed by atoms with van der Waals surface area (Å²) in [4.78, 5) is 14.2. The van der Waals surface area contributed by atoms with Gasteiger partial charge >= 0.3 is 6.61 Å². The molecule has 1 amide bonds. The second kappa shape index (κ2) is 7.63. The van der Waals surface area contributed by atoms with E-state index in [9.17, 15) is 13.6 Å². The summed E-state index contributed by atoms with van der Waals surface area (Å²) in [7, 11) is 0. The molecule has 134 valence electrons. The van der Waals surface area contributed by atoms with Crippen LogP contribution in [0.1, 0.15) is 20.3 Å². The number of halogens is 3. The fraction of sp³-hybridized carbons (Fsp3) is 0.562. The zero-order valence-electron chi connectivity index (χ0n) is 13.7. The van der Waals surface area contributed by atoms with E-state index in [1.54, 1.807) is 0 Å². The molecule has 0 bridgehead atoms. The molecule has 1 atom stereocenters. The molecule has 3 N–H and O–H groups in total. The molecule has 1 unspecified atom stereocenters. The number of piperidine rings is 1. The lowest BCUT2D eigenvalue weighted by atomic mass is 9.80. The molecule has 1 saturated heterocycles. The van der Waals surface area contributed by atoms with Crippen LogP contribution in [0.2, 0.25) is 5.02 Å². The van der Waals surface area contributed by atoms with Gasteiger partial charge in [-0.25, -0.2) is 0 Å². The van der Waals surface area contributed by atoms with Crippen molar-refractivity contribution < 1.29 is 18.3 Å². The Labute approximate surface area is 145 Å². The van der Waals surface area contributed by atoms with Crippen molar-refractivity contribution >= 4 is 23.2 Å². The number of benzene rings is 1. The van der Waals surface area contributed by atoms with Gasteiger partial charge in [-0.15, -0.1) is 0 Å². The highest BCUT2D eigenvalue weighted by Gasteiger charge is 2.33. The number of hydrogen-bond donors (Lipinski definition) is 2. The molecule has 1 aromatic carbocycles. The minimum atomic E-state index is -2.95. The summed E-state index contributed by atoms with van der Waals surface area (Å²) in [6, 6.07) is 4.27. The van der Waals surface area contributed by atoms with Crippen molar-refractivity contribution in [2.24, 2.45) is 11.1 Å². The first-order chi connectivity index (χ1) is 11.2. The van der Waals surface area contributed by atoms with E-state index in [0.717, 1.165) is 19.5 Å². The van der Waals surface area contributed by atoms with Crippen molar-refractivity contribution in [3.8, 4) is 5.75 Å². The van der Waals surface area contributed by atoms with Crippen molar-refractivity contribution in [1.82, 2.24) is 4.90 Å². The van der Waals surface area contributed by atoms with Gasteiger partial charge in [-0.05, 0) is 30.0 Å².